The molecule has 2 N–H and O–H groups in total. The average molecular weight is 306 g/mol. The summed E-state index contributed by atoms with van der Waals surface area (Å²) < 4.78 is 13.4. The fraction of sp³-hybridized carbons (Fsp3) is 0.0714. The summed E-state index contributed by atoms with van der Waals surface area (Å²) in [6.45, 7) is 1.84. The number of carboxylic acids is 1. The number of aryl methyl sites for hydroxylation is 1. The van der Waals surface area contributed by atoms with Crippen molar-refractivity contribution in [3.63, 3.8) is 0 Å². The Morgan fingerprint density at radius 3 is 2.81 bits per heavy atom. The first-order chi connectivity index (χ1) is 9.97. The second-order valence-electron chi connectivity index (χ2n) is 4.08. The van der Waals surface area contributed by atoms with Crippen LogP contribution in [0.1, 0.15) is 21.1 Å². The Morgan fingerprint density at radius 1 is 1.43 bits per heavy atom. The van der Waals surface area contributed by atoms with E-state index >= 15 is 0 Å². The van der Waals surface area contributed by atoms with E-state index in [0.29, 0.717) is 5.69 Å². The lowest BCUT2D eigenvalue weighted by Crippen LogP contribution is -2.13. The zero-order chi connectivity index (χ0) is 15.4. The van der Waals surface area contributed by atoms with Crippen molar-refractivity contribution < 1.29 is 19.1 Å². The SMILES string of the molecule is Cc1nc(/C=C/C(=O)Nc2cccc(F)c2C(=O)O)cs1. The third-order valence-electron chi connectivity index (χ3n) is 2.53. The first-order valence-electron chi connectivity index (χ1n) is 5.90. The molecule has 1 heterocycles. The minimum Gasteiger partial charge on any atom is -0.478 e. The van der Waals surface area contributed by atoms with Gasteiger partial charge in [0.2, 0.25) is 5.91 Å². The fourth-order valence-corrected chi connectivity index (χ4v) is 2.22. The predicted molar refractivity (Wildman–Crippen MR) is 77.9 cm³/mol. The van der Waals surface area contributed by atoms with Gasteiger partial charge in [0.05, 0.1) is 16.4 Å². The van der Waals surface area contributed by atoms with Crippen molar-refractivity contribution in [3.05, 3.63) is 51.7 Å². The third-order valence-corrected chi connectivity index (χ3v) is 3.32. The molecule has 1 aromatic carbocycles. The van der Waals surface area contributed by atoms with Crippen molar-refractivity contribution in [2.75, 3.05) is 5.32 Å². The highest BCUT2D eigenvalue weighted by Gasteiger charge is 2.16. The number of hydrogen-bond acceptors (Lipinski definition) is 4. The maximum absolute atomic E-state index is 13.4. The maximum atomic E-state index is 13.4. The lowest BCUT2D eigenvalue weighted by molar-refractivity contribution is -0.111. The van der Waals surface area contributed by atoms with E-state index in [0.717, 1.165) is 11.1 Å². The molecule has 2 aromatic rings. The number of amides is 1. The maximum Gasteiger partial charge on any atom is 0.340 e. The Labute approximate surface area is 123 Å². The summed E-state index contributed by atoms with van der Waals surface area (Å²) in [5.74, 6) is -2.91. The van der Waals surface area contributed by atoms with Crippen LogP contribution in [0.2, 0.25) is 0 Å². The molecule has 0 atom stereocenters. The largest absolute Gasteiger partial charge is 0.478 e. The Kier molecular flexibility index (Phi) is 4.44. The standard InChI is InChI=1S/C14H11FN2O3S/c1-8-16-9(7-21-8)5-6-12(18)17-11-4-2-3-10(15)13(11)14(19)20/h2-7H,1H3,(H,17,18)(H,19,20)/b6-5+. The molecule has 0 unspecified atom stereocenters. The lowest BCUT2D eigenvalue weighted by Gasteiger charge is -2.06. The normalized spacial score (nSPS) is 10.8. The van der Waals surface area contributed by atoms with Gasteiger partial charge in [-0.15, -0.1) is 11.3 Å². The molecule has 0 spiro atoms. The Morgan fingerprint density at radius 2 is 2.19 bits per heavy atom. The number of carbonyl (C=O) groups is 2. The summed E-state index contributed by atoms with van der Waals surface area (Å²) in [4.78, 5) is 26.9. The average Bonchev–Trinajstić information content (AvgIpc) is 2.82. The van der Waals surface area contributed by atoms with Gasteiger partial charge in [-0.2, -0.15) is 0 Å². The van der Waals surface area contributed by atoms with E-state index in [-0.39, 0.29) is 5.69 Å². The first kappa shape index (κ1) is 14.9. The van der Waals surface area contributed by atoms with E-state index in [9.17, 15) is 14.0 Å². The molecule has 0 saturated carbocycles. The van der Waals surface area contributed by atoms with Crippen LogP contribution in [0, 0.1) is 12.7 Å². The van der Waals surface area contributed by atoms with Gasteiger partial charge in [-0.1, -0.05) is 6.07 Å². The number of carbonyl (C=O) groups excluding carboxylic acids is 1. The van der Waals surface area contributed by atoms with Gasteiger partial charge < -0.3 is 10.4 Å². The summed E-state index contributed by atoms with van der Waals surface area (Å²) >= 11 is 1.45. The number of aromatic carboxylic acids is 1. The second-order valence-corrected chi connectivity index (χ2v) is 5.14. The van der Waals surface area contributed by atoms with Gasteiger partial charge in [0.25, 0.3) is 0 Å². The summed E-state index contributed by atoms with van der Waals surface area (Å²) in [5.41, 5.74) is -0.0271. The van der Waals surface area contributed by atoms with E-state index in [1.807, 2.05) is 6.92 Å². The van der Waals surface area contributed by atoms with E-state index in [2.05, 4.69) is 10.3 Å². The molecule has 2 rings (SSSR count). The number of rotatable bonds is 4. The Bertz CT molecular complexity index is 725. The van der Waals surface area contributed by atoms with Crippen LogP contribution in [0.4, 0.5) is 10.1 Å². The van der Waals surface area contributed by atoms with Crippen LogP contribution >= 0.6 is 11.3 Å². The molecular formula is C14H11FN2O3S. The van der Waals surface area contributed by atoms with Gasteiger partial charge in [-0.25, -0.2) is 14.2 Å². The Hall–Kier alpha value is -2.54. The van der Waals surface area contributed by atoms with Crippen molar-refractivity contribution in [3.8, 4) is 0 Å². The minimum absolute atomic E-state index is 0.0911. The van der Waals surface area contributed by atoms with Gasteiger partial charge in [0.15, 0.2) is 0 Å². The quantitative estimate of drug-likeness (QED) is 0.851. The number of anilines is 1. The second kappa shape index (κ2) is 6.27. The van der Waals surface area contributed by atoms with Crippen molar-refractivity contribution in [2.24, 2.45) is 0 Å². The third kappa shape index (κ3) is 3.73. The number of nitrogens with zero attached hydrogens (tertiary/aromatic N) is 1. The topological polar surface area (TPSA) is 79.3 Å². The summed E-state index contributed by atoms with van der Waals surface area (Å²) in [6.07, 6.45) is 2.71. The highest BCUT2D eigenvalue weighted by atomic mass is 32.1. The van der Waals surface area contributed by atoms with Gasteiger partial charge >= 0.3 is 5.97 Å². The zero-order valence-corrected chi connectivity index (χ0v) is 11.8. The monoisotopic (exact) mass is 306 g/mol. The molecule has 0 saturated heterocycles. The van der Waals surface area contributed by atoms with E-state index in [1.54, 1.807) is 5.38 Å². The summed E-state index contributed by atoms with van der Waals surface area (Å²) in [5, 5.41) is 13.9. The highest BCUT2D eigenvalue weighted by molar-refractivity contribution is 7.09. The van der Waals surface area contributed by atoms with Crippen LogP contribution in [-0.2, 0) is 4.79 Å². The van der Waals surface area contributed by atoms with Crippen LogP contribution in [0.5, 0.6) is 0 Å². The molecule has 5 nitrogen and oxygen atoms in total. The van der Waals surface area contributed by atoms with Crippen LogP contribution in [0.25, 0.3) is 6.08 Å². The van der Waals surface area contributed by atoms with Gasteiger partial charge in [0.1, 0.15) is 11.4 Å². The Balaban J connectivity index is 2.15. The molecule has 21 heavy (non-hydrogen) atoms. The molecule has 1 amide bonds. The number of halogens is 1. The van der Waals surface area contributed by atoms with Gasteiger partial charge in [0, 0.05) is 11.5 Å². The lowest BCUT2D eigenvalue weighted by atomic mass is 10.1. The zero-order valence-electron chi connectivity index (χ0n) is 11.0. The number of benzene rings is 1. The van der Waals surface area contributed by atoms with Crippen LogP contribution in [-0.4, -0.2) is 22.0 Å². The molecule has 108 valence electrons. The van der Waals surface area contributed by atoms with Crippen LogP contribution in [0.3, 0.4) is 0 Å². The molecule has 0 radical (unpaired) electrons. The van der Waals surface area contributed by atoms with Crippen LogP contribution < -0.4 is 5.32 Å². The number of nitrogens with one attached hydrogen (secondary N) is 1. The van der Waals surface area contributed by atoms with E-state index in [4.69, 9.17) is 5.11 Å². The molecule has 0 fully saturated rings. The molecule has 0 aliphatic carbocycles. The molecule has 0 aliphatic heterocycles. The number of carboxylic acid groups (broad SMARTS) is 1. The van der Waals surface area contributed by atoms with E-state index < -0.39 is 23.3 Å². The van der Waals surface area contributed by atoms with Crippen molar-refractivity contribution >= 4 is 35.0 Å². The first-order valence-corrected chi connectivity index (χ1v) is 6.78. The van der Waals surface area contributed by atoms with Crippen molar-refractivity contribution in [2.45, 2.75) is 6.92 Å². The van der Waals surface area contributed by atoms with Crippen molar-refractivity contribution in [1.82, 2.24) is 4.98 Å². The van der Waals surface area contributed by atoms with Crippen LogP contribution in [0.15, 0.2) is 29.7 Å². The molecule has 7 heteroatoms. The van der Waals surface area contributed by atoms with Gasteiger partial charge in [-0.3, -0.25) is 4.79 Å². The summed E-state index contributed by atoms with van der Waals surface area (Å²) in [6, 6.07) is 3.67. The minimum atomic E-state index is -1.44. The molecule has 0 bridgehead atoms. The molecule has 1 aromatic heterocycles. The molecular weight excluding hydrogens is 295 g/mol. The number of thiazole rings is 1. The van der Waals surface area contributed by atoms with E-state index in [1.165, 1.54) is 35.6 Å². The number of hydrogen-bond donors (Lipinski definition) is 2. The summed E-state index contributed by atoms with van der Waals surface area (Å²) in [7, 11) is 0. The van der Waals surface area contributed by atoms with Crippen molar-refractivity contribution in [1.29, 1.82) is 0 Å². The smallest absolute Gasteiger partial charge is 0.340 e. The number of aromatic nitrogens is 1. The fourth-order valence-electron chi connectivity index (χ4n) is 1.64. The molecule has 0 aliphatic rings. The van der Waals surface area contributed by atoms with Gasteiger partial charge in [-0.05, 0) is 25.1 Å². The highest BCUT2D eigenvalue weighted by Crippen LogP contribution is 2.19. The predicted octanol–water partition coefficient (Wildman–Crippen LogP) is 2.94.